The molecule has 3 aromatic rings. The van der Waals surface area contributed by atoms with Crippen LogP contribution in [0.4, 0.5) is 0 Å². The van der Waals surface area contributed by atoms with E-state index in [9.17, 15) is 4.79 Å². The second-order valence-corrected chi connectivity index (χ2v) is 8.72. The first-order chi connectivity index (χ1) is 15.7. The van der Waals surface area contributed by atoms with E-state index in [1.54, 1.807) is 23.1 Å². The highest BCUT2D eigenvalue weighted by Crippen LogP contribution is 2.40. The maximum Gasteiger partial charge on any atom is 0.267 e. The van der Waals surface area contributed by atoms with Gasteiger partial charge < -0.3 is 9.47 Å². The lowest BCUT2D eigenvalue weighted by Crippen LogP contribution is -2.28. The van der Waals surface area contributed by atoms with Crippen LogP contribution < -0.4 is 9.47 Å². The Bertz CT molecular complexity index is 1210. The molecule has 0 spiro atoms. The average molecular weight is 463 g/mol. The predicted molar refractivity (Wildman–Crippen MR) is 128 cm³/mol. The first-order valence-corrected chi connectivity index (χ1v) is 11.3. The molecule has 5 nitrogen and oxygen atoms in total. The minimum absolute atomic E-state index is 0.0978. The molecule has 0 atom stereocenters. The van der Waals surface area contributed by atoms with Crippen LogP contribution in [0.5, 0.6) is 11.5 Å². The zero-order valence-corrected chi connectivity index (χ0v) is 18.6. The van der Waals surface area contributed by atoms with Crippen molar-refractivity contribution in [1.29, 1.82) is 0 Å². The van der Waals surface area contributed by atoms with E-state index in [1.165, 1.54) is 11.8 Å². The summed E-state index contributed by atoms with van der Waals surface area (Å²) in [6, 6.07) is 23.4. The van der Waals surface area contributed by atoms with Gasteiger partial charge in [-0.3, -0.25) is 14.7 Å². The number of nitrogens with zero attached hydrogens (tertiary/aromatic N) is 2. The predicted octanol–water partition coefficient (Wildman–Crippen LogP) is 5.74. The van der Waals surface area contributed by atoms with Gasteiger partial charge in [0.2, 0.25) is 6.79 Å². The van der Waals surface area contributed by atoms with Crippen LogP contribution in [0, 0.1) is 0 Å². The fraction of sp³-hybridized carbons (Fsp3) is 0.120. The van der Waals surface area contributed by atoms with Crippen LogP contribution >= 0.6 is 23.4 Å². The van der Waals surface area contributed by atoms with Crippen LogP contribution in [0.3, 0.4) is 0 Å². The lowest BCUT2D eigenvalue weighted by atomic mass is 10.1. The Hall–Kier alpha value is -3.22. The van der Waals surface area contributed by atoms with Crippen LogP contribution in [0.15, 0.2) is 82.7 Å². The van der Waals surface area contributed by atoms with Gasteiger partial charge in [0.1, 0.15) is 0 Å². The van der Waals surface area contributed by atoms with E-state index in [-0.39, 0.29) is 12.7 Å². The Kier molecular flexibility index (Phi) is 5.88. The summed E-state index contributed by atoms with van der Waals surface area (Å²) in [5, 5.41) is 1.17. The minimum Gasteiger partial charge on any atom is -0.454 e. The molecule has 0 N–H and O–H groups in total. The number of hydrogen-bond acceptors (Lipinski definition) is 5. The Morgan fingerprint density at radius 1 is 0.969 bits per heavy atom. The number of carbonyl (C=O) groups is 1. The van der Waals surface area contributed by atoms with Crippen molar-refractivity contribution in [2.75, 3.05) is 6.79 Å². The maximum atomic E-state index is 13.3. The molecular weight excluding hydrogens is 444 g/mol. The van der Waals surface area contributed by atoms with E-state index in [2.05, 4.69) is 0 Å². The van der Waals surface area contributed by atoms with Crippen LogP contribution in [0.2, 0.25) is 5.02 Å². The Balaban J connectivity index is 1.47. The number of benzene rings is 3. The number of fused-ring (bicyclic) bond motifs is 1. The van der Waals surface area contributed by atoms with Gasteiger partial charge in [-0.15, -0.1) is 0 Å². The SMILES string of the molecule is O=C1/C(=C\c2cc3c(cc2Cl)OCO3)SC(=NCc2ccccc2)N1Cc1ccccc1. The fourth-order valence-electron chi connectivity index (χ4n) is 3.46. The highest BCUT2D eigenvalue weighted by atomic mass is 35.5. The second-order valence-electron chi connectivity index (χ2n) is 7.30. The number of thioether (sulfide) groups is 1. The van der Waals surface area contributed by atoms with Gasteiger partial charge in [0.25, 0.3) is 5.91 Å². The van der Waals surface area contributed by atoms with Crippen LogP contribution in [-0.2, 0) is 17.9 Å². The Morgan fingerprint density at radius 2 is 1.62 bits per heavy atom. The topological polar surface area (TPSA) is 51.1 Å². The van der Waals surface area contributed by atoms with E-state index < -0.39 is 0 Å². The van der Waals surface area contributed by atoms with Crippen LogP contribution in [0.1, 0.15) is 16.7 Å². The molecule has 160 valence electrons. The molecule has 0 bridgehead atoms. The summed E-state index contributed by atoms with van der Waals surface area (Å²) in [6.45, 7) is 1.12. The van der Waals surface area contributed by atoms with Crippen molar-refractivity contribution in [1.82, 2.24) is 4.90 Å². The minimum atomic E-state index is -0.0978. The number of hydrogen-bond donors (Lipinski definition) is 0. The number of aliphatic imine (C=N–C) groups is 1. The number of halogens is 1. The van der Waals surface area contributed by atoms with Crippen molar-refractivity contribution in [3.63, 3.8) is 0 Å². The molecule has 1 fully saturated rings. The molecule has 2 heterocycles. The zero-order chi connectivity index (χ0) is 21.9. The Morgan fingerprint density at radius 3 is 2.34 bits per heavy atom. The highest BCUT2D eigenvalue weighted by molar-refractivity contribution is 8.18. The second kappa shape index (κ2) is 9.10. The molecule has 7 heteroatoms. The van der Waals surface area contributed by atoms with Crippen molar-refractivity contribution in [3.8, 4) is 11.5 Å². The summed E-state index contributed by atoms with van der Waals surface area (Å²) in [5.74, 6) is 1.13. The van der Waals surface area contributed by atoms with Crippen molar-refractivity contribution in [2.24, 2.45) is 4.99 Å². The smallest absolute Gasteiger partial charge is 0.267 e. The summed E-state index contributed by atoms with van der Waals surface area (Å²) in [6.07, 6.45) is 1.79. The first kappa shape index (κ1) is 20.7. The van der Waals surface area contributed by atoms with E-state index in [0.717, 1.165) is 11.1 Å². The standard InChI is InChI=1S/C25H19ClN2O3S/c26-20-13-22-21(30-16-31-22)11-19(20)12-23-24(29)28(15-18-9-5-2-6-10-18)25(32-23)27-14-17-7-3-1-4-8-17/h1-13H,14-16H2/b23-12+,27-25?. The van der Waals surface area contributed by atoms with Crippen molar-refractivity contribution >= 4 is 40.5 Å². The van der Waals surface area contributed by atoms with Gasteiger partial charge in [0.05, 0.1) is 23.0 Å². The number of carbonyl (C=O) groups excluding carboxylic acids is 1. The Labute approximate surface area is 195 Å². The lowest BCUT2D eigenvalue weighted by Gasteiger charge is -2.15. The summed E-state index contributed by atoms with van der Waals surface area (Å²) >= 11 is 7.79. The number of ether oxygens (including phenoxy) is 2. The van der Waals surface area contributed by atoms with Gasteiger partial charge >= 0.3 is 0 Å². The normalized spacial score (nSPS) is 17.5. The number of amides is 1. The molecule has 1 saturated heterocycles. The lowest BCUT2D eigenvalue weighted by molar-refractivity contribution is -0.122. The average Bonchev–Trinajstić information content (AvgIpc) is 3.38. The van der Waals surface area contributed by atoms with E-state index in [1.807, 2.05) is 60.7 Å². The summed E-state index contributed by atoms with van der Waals surface area (Å²) in [5.41, 5.74) is 2.83. The summed E-state index contributed by atoms with van der Waals surface area (Å²) in [7, 11) is 0. The van der Waals surface area contributed by atoms with Gasteiger partial charge in [0, 0.05) is 6.07 Å². The number of amidine groups is 1. The molecule has 2 aliphatic heterocycles. The third kappa shape index (κ3) is 4.38. The van der Waals surface area contributed by atoms with Gasteiger partial charge in [-0.25, -0.2) is 0 Å². The van der Waals surface area contributed by atoms with Crippen molar-refractivity contribution in [3.05, 3.63) is 99.4 Å². The third-order valence-corrected chi connectivity index (χ3v) is 6.46. The molecule has 0 saturated carbocycles. The van der Waals surface area contributed by atoms with Gasteiger partial charge in [-0.2, -0.15) is 0 Å². The molecule has 3 aromatic carbocycles. The summed E-state index contributed by atoms with van der Waals surface area (Å²) in [4.78, 5) is 20.4. The van der Waals surface area contributed by atoms with Gasteiger partial charge in [-0.05, 0) is 40.6 Å². The highest BCUT2D eigenvalue weighted by Gasteiger charge is 2.33. The largest absolute Gasteiger partial charge is 0.454 e. The van der Waals surface area contributed by atoms with E-state index in [4.69, 9.17) is 26.1 Å². The third-order valence-electron chi connectivity index (χ3n) is 5.09. The maximum absolute atomic E-state index is 13.3. The molecule has 0 aromatic heterocycles. The summed E-state index contributed by atoms with van der Waals surface area (Å²) < 4.78 is 10.8. The van der Waals surface area contributed by atoms with Crippen LogP contribution in [-0.4, -0.2) is 22.8 Å². The molecule has 0 aliphatic carbocycles. The van der Waals surface area contributed by atoms with Gasteiger partial charge in [-0.1, -0.05) is 72.3 Å². The van der Waals surface area contributed by atoms with Crippen molar-refractivity contribution < 1.29 is 14.3 Å². The zero-order valence-electron chi connectivity index (χ0n) is 17.0. The number of rotatable bonds is 5. The van der Waals surface area contributed by atoms with E-state index in [0.29, 0.717) is 45.2 Å². The first-order valence-electron chi connectivity index (χ1n) is 10.1. The molecule has 32 heavy (non-hydrogen) atoms. The van der Waals surface area contributed by atoms with Gasteiger partial charge in [0.15, 0.2) is 16.7 Å². The van der Waals surface area contributed by atoms with E-state index >= 15 is 0 Å². The molecular formula is C25H19ClN2O3S. The fourth-order valence-corrected chi connectivity index (χ4v) is 4.63. The molecule has 5 rings (SSSR count). The quantitative estimate of drug-likeness (QED) is 0.453. The monoisotopic (exact) mass is 462 g/mol. The molecule has 1 amide bonds. The molecule has 2 aliphatic rings. The van der Waals surface area contributed by atoms with Crippen molar-refractivity contribution in [2.45, 2.75) is 13.1 Å². The van der Waals surface area contributed by atoms with Crippen LogP contribution in [0.25, 0.3) is 6.08 Å². The molecule has 0 unspecified atom stereocenters. The molecule has 0 radical (unpaired) electrons.